The van der Waals surface area contributed by atoms with Crippen LogP contribution >= 0.6 is 11.3 Å². The van der Waals surface area contributed by atoms with Crippen LogP contribution in [0.5, 0.6) is 0 Å². The van der Waals surface area contributed by atoms with Crippen molar-refractivity contribution in [2.45, 2.75) is 0 Å². The van der Waals surface area contributed by atoms with E-state index in [0.29, 0.717) is 16.5 Å². The van der Waals surface area contributed by atoms with Crippen LogP contribution < -0.4 is 11.1 Å². The molecule has 3 N–H and O–H groups in total. The van der Waals surface area contributed by atoms with E-state index in [2.05, 4.69) is 15.4 Å². The van der Waals surface area contributed by atoms with Crippen LogP contribution in [0.25, 0.3) is 5.82 Å². The van der Waals surface area contributed by atoms with Crippen LogP contribution in [0, 0.1) is 0 Å². The molecule has 2 amide bonds. The lowest BCUT2D eigenvalue weighted by Gasteiger charge is -2.07. The molecular weight excluding hydrogens is 304 g/mol. The molecule has 0 unspecified atom stereocenters. The molecule has 0 aliphatic carbocycles. The minimum absolute atomic E-state index is 0.122. The standard InChI is InChI=1S/C13H12N6O2S/c1-18-12(19-4-2-3-5-19)8(6-15-18)11(21)17-13-16-9(7-22-13)10(14)20/h2-7H,1H3,(H2,14,20)(H,16,17,21). The van der Waals surface area contributed by atoms with Gasteiger partial charge in [0.1, 0.15) is 17.1 Å². The molecule has 3 aromatic rings. The number of aryl methyl sites for hydroxylation is 1. The van der Waals surface area contributed by atoms with Crippen molar-refractivity contribution in [1.82, 2.24) is 19.3 Å². The van der Waals surface area contributed by atoms with E-state index in [0.717, 1.165) is 11.3 Å². The molecule has 8 nitrogen and oxygen atoms in total. The Bertz CT molecular complexity index is 833. The first kappa shape index (κ1) is 14.0. The maximum Gasteiger partial charge on any atom is 0.268 e. The van der Waals surface area contributed by atoms with Crippen molar-refractivity contribution in [3.63, 3.8) is 0 Å². The van der Waals surface area contributed by atoms with E-state index in [1.165, 1.54) is 11.6 Å². The number of nitrogens with one attached hydrogen (secondary N) is 1. The number of nitrogens with zero attached hydrogens (tertiary/aromatic N) is 4. The molecule has 3 rings (SSSR count). The van der Waals surface area contributed by atoms with Crippen LogP contribution in [-0.2, 0) is 7.05 Å². The van der Waals surface area contributed by atoms with Gasteiger partial charge in [0.15, 0.2) is 5.13 Å². The SMILES string of the molecule is Cn1ncc(C(=O)Nc2nc(C(N)=O)cs2)c1-n1cccc1. The molecule has 9 heteroatoms. The minimum atomic E-state index is -0.633. The third-order valence-corrected chi connectivity index (χ3v) is 3.74. The van der Waals surface area contributed by atoms with Crippen LogP contribution in [0.15, 0.2) is 36.1 Å². The number of hydrogen-bond acceptors (Lipinski definition) is 5. The highest BCUT2D eigenvalue weighted by molar-refractivity contribution is 7.14. The lowest BCUT2D eigenvalue weighted by molar-refractivity contribution is 0.0992. The van der Waals surface area contributed by atoms with Gasteiger partial charge in [-0.1, -0.05) is 0 Å². The Morgan fingerprint density at radius 3 is 2.68 bits per heavy atom. The Hall–Kier alpha value is -2.94. The van der Waals surface area contributed by atoms with Crippen molar-refractivity contribution in [1.29, 1.82) is 0 Å². The normalized spacial score (nSPS) is 10.6. The summed E-state index contributed by atoms with van der Waals surface area (Å²) in [7, 11) is 1.75. The Balaban J connectivity index is 1.88. The summed E-state index contributed by atoms with van der Waals surface area (Å²) in [5.74, 6) is -0.359. The first-order valence-corrected chi connectivity index (χ1v) is 7.16. The quantitative estimate of drug-likeness (QED) is 0.749. The van der Waals surface area contributed by atoms with Gasteiger partial charge in [-0.25, -0.2) is 4.98 Å². The number of hydrogen-bond donors (Lipinski definition) is 2. The largest absolute Gasteiger partial charge is 0.364 e. The molecule has 0 radical (unpaired) electrons. The molecule has 0 saturated carbocycles. The zero-order valence-electron chi connectivity index (χ0n) is 11.6. The van der Waals surface area contributed by atoms with Gasteiger partial charge in [0.05, 0.1) is 6.20 Å². The smallest absolute Gasteiger partial charge is 0.268 e. The van der Waals surface area contributed by atoms with E-state index in [1.807, 2.05) is 24.5 Å². The number of anilines is 1. The van der Waals surface area contributed by atoms with Gasteiger partial charge in [0.2, 0.25) is 0 Å². The molecule has 0 saturated heterocycles. The van der Waals surface area contributed by atoms with Gasteiger partial charge >= 0.3 is 0 Å². The number of rotatable bonds is 4. The van der Waals surface area contributed by atoms with Gasteiger partial charge in [0, 0.05) is 24.8 Å². The lowest BCUT2D eigenvalue weighted by atomic mass is 10.3. The molecule has 0 bridgehead atoms. The predicted molar refractivity (Wildman–Crippen MR) is 81.1 cm³/mol. The highest BCUT2D eigenvalue weighted by Gasteiger charge is 2.19. The summed E-state index contributed by atoms with van der Waals surface area (Å²) in [5.41, 5.74) is 5.66. The topological polar surface area (TPSA) is 108 Å². The molecule has 0 aliphatic heterocycles. The van der Waals surface area contributed by atoms with Crippen LogP contribution in [0.4, 0.5) is 5.13 Å². The van der Waals surface area contributed by atoms with Gasteiger partial charge in [-0.15, -0.1) is 11.3 Å². The van der Waals surface area contributed by atoms with E-state index in [1.54, 1.807) is 16.3 Å². The molecule has 3 heterocycles. The zero-order valence-corrected chi connectivity index (χ0v) is 12.4. The van der Waals surface area contributed by atoms with Gasteiger partial charge in [-0.2, -0.15) is 5.10 Å². The molecule has 112 valence electrons. The Morgan fingerprint density at radius 2 is 2.05 bits per heavy atom. The predicted octanol–water partition coefficient (Wildman–Crippen LogP) is 1.02. The van der Waals surface area contributed by atoms with Gasteiger partial charge < -0.3 is 10.3 Å². The fourth-order valence-corrected chi connectivity index (χ4v) is 2.68. The third kappa shape index (κ3) is 2.49. The Kier molecular flexibility index (Phi) is 3.47. The second-order valence-electron chi connectivity index (χ2n) is 4.45. The van der Waals surface area contributed by atoms with E-state index in [-0.39, 0.29) is 11.6 Å². The van der Waals surface area contributed by atoms with Crippen molar-refractivity contribution < 1.29 is 9.59 Å². The molecule has 0 atom stereocenters. The number of primary amides is 1. The molecule has 0 aliphatic rings. The summed E-state index contributed by atoms with van der Waals surface area (Å²) >= 11 is 1.13. The number of aromatic nitrogens is 4. The summed E-state index contributed by atoms with van der Waals surface area (Å²) in [4.78, 5) is 27.4. The first-order valence-electron chi connectivity index (χ1n) is 6.28. The molecule has 3 aromatic heterocycles. The Labute approximate surface area is 129 Å². The maximum atomic E-state index is 12.4. The van der Waals surface area contributed by atoms with Crippen LogP contribution in [0.2, 0.25) is 0 Å². The van der Waals surface area contributed by atoms with Gasteiger partial charge in [0.25, 0.3) is 11.8 Å². The number of thiazole rings is 1. The van der Waals surface area contributed by atoms with Crippen molar-refractivity contribution >= 4 is 28.3 Å². The number of nitrogens with two attached hydrogens (primary N) is 1. The average molecular weight is 316 g/mol. The second-order valence-corrected chi connectivity index (χ2v) is 5.31. The first-order chi connectivity index (χ1) is 10.6. The highest BCUT2D eigenvalue weighted by atomic mass is 32.1. The Morgan fingerprint density at radius 1 is 1.32 bits per heavy atom. The van der Waals surface area contributed by atoms with Crippen LogP contribution in [0.1, 0.15) is 20.8 Å². The molecule has 0 spiro atoms. The van der Waals surface area contributed by atoms with Crippen LogP contribution in [-0.4, -0.2) is 31.1 Å². The average Bonchev–Trinajstić information content (AvgIpc) is 3.17. The molecule has 22 heavy (non-hydrogen) atoms. The highest BCUT2D eigenvalue weighted by Crippen LogP contribution is 2.19. The van der Waals surface area contributed by atoms with E-state index < -0.39 is 5.91 Å². The fraction of sp³-hybridized carbons (Fsp3) is 0.0769. The van der Waals surface area contributed by atoms with E-state index in [4.69, 9.17) is 5.73 Å². The summed E-state index contributed by atoms with van der Waals surface area (Å²) in [6.07, 6.45) is 5.12. The molecule has 0 fully saturated rings. The summed E-state index contributed by atoms with van der Waals surface area (Å²) < 4.78 is 3.39. The number of carbonyl (C=O) groups is 2. The zero-order chi connectivity index (χ0) is 15.7. The summed E-state index contributed by atoms with van der Waals surface area (Å²) in [5, 5.41) is 8.56. The van der Waals surface area contributed by atoms with E-state index in [9.17, 15) is 9.59 Å². The third-order valence-electron chi connectivity index (χ3n) is 2.98. The maximum absolute atomic E-state index is 12.4. The minimum Gasteiger partial charge on any atom is -0.364 e. The van der Waals surface area contributed by atoms with Gasteiger partial charge in [-0.3, -0.25) is 19.6 Å². The van der Waals surface area contributed by atoms with E-state index >= 15 is 0 Å². The lowest BCUT2D eigenvalue weighted by Crippen LogP contribution is -2.15. The monoisotopic (exact) mass is 316 g/mol. The molecule has 0 aromatic carbocycles. The second kappa shape index (κ2) is 5.45. The molecular formula is C13H12N6O2S. The van der Waals surface area contributed by atoms with Crippen LogP contribution in [0.3, 0.4) is 0 Å². The van der Waals surface area contributed by atoms with Crippen molar-refractivity contribution in [3.8, 4) is 5.82 Å². The van der Waals surface area contributed by atoms with Crippen molar-refractivity contribution in [2.75, 3.05) is 5.32 Å². The summed E-state index contributed by atoms with van der Waals surface area (Å²) in [6, 6.07) is 3.71. The summed E-state index contributed by atoms with van der Waals surface area (Å²) in [6.45, 7) is 0. The van der Waals surface area contributed by atoms with Crippen molar-refractivity contribution in [2.24, 2.45) is 12.8 Å². The fourth-order valence-electron chi connectivity index (χ4n) is 1.98. The number of carbonyl (C=O) groups excluding carboxylic acids is 2. The van der Waals surface area contributed by atoms with Gasteiger partial charge in [-0.05, 0) is 12.1 Å². The van der Waals surface area contributed by atoms with Crippen molar-refractivity contribution in [3.05, 3.63) is 47.4 Å². The number of amides is 2.